The molecule has 0 fully saturated rings. The Balaban J connectivity index is 2.68. The number of hydrogen-bond donors (Lipinski definition) is 0. The first kappa shape index (κ1) is 10.6. The third-order valence-corrected chi connectivity index (χ3v) is 2.45. The topological polar surface area (TPSA) is 27.7 Å². The van der Waals surface area contributed by atoms with Crippen LogP contribution in [0, 0.1) is 6.07 Å². The van der Waals surface area contributed by atoms with Crippen molar-refractivity contribution in [3.8, 4) is 17.2 Å². The van der Waals surface area contributed by atoms with Crippen LogP contribution in [0.1, 0.15) is 0 Å². The zero-order valence-corrected chi connectivity index (χ0v) is 9.53. The Morgan fingerprint density at radius 1 is 0.875 bits per heavy atom. The van der Waals surface area contributed by atoms with E-state index < -0.39 is 0 Å². The molecule has 0 N–H and O–H groups in total. The minimum absolute atomic E-state index is 0.747. The van der Waals surface area contributed by atoms with E-state index in [0.717, 1.165) is 28.0 Å². The molecule has 3 heteroatoms. The van der Waals surface area contributed by atoms with Crippen molar-refractivity contribution in [1.82, 2.24) is 0 Å². The average molecular weight is 217 g/mol. The summed E-state index contributed by atoms with van der Waals surface area (Å²) in [5, 5.41) is 1.90. The normalized spacial score (nSPS) is 10.2. The molecule has 0 unspecified atom stereocenters. The van der Waals surface area contributed by atoms with Gasteiger partial charge in [-0.25, -0.2) is 0 Å². The Morgan fingerprint density at radius 3 is 2.19 bits per heavy atom. The number of benzene rings is 2. The zero-order chi connectivity index (χ0) is 11.5. The summed E-state index contributed by atoms with van der Waals surface area (Å²) >= 11 is 0. The molecule has 2 rings (SSSR count). The smallest absolute Gasteiger partial charge is 0.131 e. The second-order valence-corrected chi connectivity index (χ2v) is 3.33. The van der Waals surface area contributed by atoms with Gasteiger partial charge in [-0.1, -0.05) is 0 Å². The third kappa shape index (κ3) is 1.76. The zero-order valence-electron chi connectivity index (χ0n) is 9.53. The van der Waals surface area contributed by atoms with Gasteiger partial charge in [-0.3, -0.25) is 0 Å². The molecule has 0 aliphatic rings. The van der Waals surface area contributed by atoms with Crippen molar-refractivity contribution in [1.29, 1.82) is 0 Å². The van der Waals surface area contributed by atoms with Crippen molar-refractivity contribution < 1.29 is 14.2 Å². The number of fused-ring (bicyclic) bond motifs is 1. The number of rotatable bonds is 3. The molecular weight excluding hydrogens is 204 g/mol. The van der Waals surface area contributed by atoms with Crippen molar-refractivity contribution in [2.45, 2.75) is 0 Å². The van der Waals surface area contributed by atoms with Gasteiger partial charge in [-0.15, -0.1) is 0 Å². The Kier molecular flexibility index (Phi) is 2.86. The van der Waals surface area contributed by atoms with Gasteiger partial charge in [-0.2, -0.15) is 0 Å². The quantitative estimate of drug-likeness (QED) is 0.791. The van der Waals surface area contributed by atoms with E-state index in [-0.39, 0.29) is 0 Å². The minimum Gasteiger partial charge on any atom is -0.497 e. The summed E-state index contributed by atoms with van der Waals surface area (Å²) in [5.41, 5.74) is 0. The lowest BCUT2D eigenvalue weighted by Gasteiger charge is -2.09. The second-order valence-electron chi connectivity index (χ2n) is 3.33. The van der Waals surface area contributed by atoms with Crippen molar-refractivity contribution in [3.05, 3.63) is 30.3 Å². The van der Waals surface area contributed by atoms with Crippen molar-refractivity contribution in [3.63, 3.8) is 0 Å². The van der Waals surface area contributed by atoms with Crippen LogP contribution in [0.2, 0.25) is 0 Å². The van der Waals surface area contributed by atoms with Crippen LogP contribution in [-0.2, 0) is 0 Å². The molecule has 16 heavy (non-hydrogen) atoms. The largest absolute Gasteiger partial charge is 0.497 e. The van der Waals surface area contributed by atoms with Gasteiger partial charge in [-0.05, 0) is 29.7 Å². The second kappa shape index (κ2) is 4.31. The van der Waals surface area contributed by atoms with Gasteiger partial charge in [0.2, 0.25) is 0 Å². The van der Waals surface area contributed by atoms with E-state index in [1.54, 1.807) is 27.4 Å². The fourth-order valence-electron chi connectivity index (χ4n) is 1.61. The molecular formula is C13H13O3. The fourth-order valence-corrected chi connectivity index (χ4v) is 1.61. The van der Waals surface area contributed by atoms with Crippen LogP contribution < -0.4 is 14.2 Å². The van der Waals surface area contributed by atoms with Crippen molar-refractivity contribution in [2.24, 2.45) is 0 Å². The van der Waals surface area contributed by atoms with Crippen LogP contribution in [0.25, 0.3) is 10.8 Å². The first-order valence-corrected chi connectivity index (χ1v) is 4.90. The minimum atomic E-state index is 0.747. The molecule has 2 aromatic rings. The molecule has 0 saturated heterocycles. The lowest BCUT2D eigenvalue weighted by atomic mass is 10.1. The van der Waals surface area contributed by atoms with Gasteiger partial charge in [0.1, 0.15) is 17.2 Å². The molecule has 0 aliphatic carbocycles. The third-order valence-electron chi connectivity index (χ3n) is 2.45. The van der Waals surface area contributed by atoms with Gasteiger partial charge >= 0.3 is 0 Å². The van der Waals surface area contributed by atoms with Gasteiger partial charge in [0, 0.05) is 11.5 Å². The number of methoxy groups -OCH3 is 3. The van der Waals surface area contributed by atoms with E-state index in [1.165, 1.54) is 0 Å². The van der Waals surface area contributed by atoms with Crippen molar-refractivity contribution in [2.75, 3.05) is 21.3 Å². The maximum absolute atomic E-state index is 5.29. The predicted octanol–water partition coefficient (Wildman–Crippen LogP) is 2.67. The van der Waals surface area contributed by atoms with Crippen LogP contribution in [0.3, 0.4) is 0 Å². The molecule has 0 saturated carbocycles. The highest BCUT2D eigenvalue weighted by Crippen LogP contribution is 2.32. The Labute approximate surface area is 94.5 Å². The van der Waals surface area contributed by atoms with E-state index >= 15 is 0 Å². The van der Waals surface area contributed by atoms with E-state index in [9.17, 15) is 0 Å². The summed E-state index contributed by atoms with van der Waals surface area (Å²) < 4.78 is 15.7. The van der Waals surface area contributed by atoms with Gasteiger partial charge in [0.15, 0.2) is 0 Å². The number of hydrogen-bond acceptors (Lipinski definition) is 3. The summed E-state index contributed by atoms with van der Waals surface area (Å²) in [5.74, 6) is 2.27. The first-order chi connectivity index (χ1) is 7.78. The molecule has 0 heterocycles. The number of ether oxygens (including phenoxy) is 3. The Bertz CT molecular complexity index is 500. The predicted molar refractivity (Wildman–Crippen MR) is 62.4 cm³/mol. The monoisotopic (exact) mass is 217 g/mol. The molecule has 0 aromatic heterocycles. The van der Waals surface area contributed by atoms with E-state index in [4.69, 9.17) is 14.2 Å². The first-order valence-electron chi connectivity index (χ1n) is 4.90. The van der Waals surface area contributed by atoms with E-state index in [0.29, 0.717) is 0 Å². The molecule has 3 nitrogen and oxygen atoms in total. The van der Waals surface area contributed by atoms with Crippen molar-refractivity contribution >= 4 is 10.8 Å². The lowest BCUT2D eigenvalue weighted by molar-refractivity contribution is 0.397. The van der Waals surface area contributed by atoms with Gasteiger partial charge in [0.05, 0.1) is 21.3 Å². The molecule has 1 radical (unpaired) electrons. The summed E-state index contributed by atoms with van der Waals surface area (Å²) in [6.45, 7) is 0. The standard InChI is InChI=1S/C13H13O3/c1-14-10-4-5-12-9(6-10)7-11(15-2)8-13(12)16-3/h4,6-8H,1-3H3. The molecule has 2 aromatic carbocycles. The Morgan fingerprint density at radius 2 is 1.56 bits per heavy atom. The SMILES string of the molecule is COc1c[c]c2c(OC)cc(OC)cc2c1. The molecule has 0 amide bonds. The van der Waals surface area contributed by atoms with E-state index in [2.05, 4.69) is 6.07 Å². The highest BCUT2D eigenvalue weighted by atomic mass is 16.5. The maximum Gasteiger partial charge on any atom is 0.131 e. The summed E-state index contributed by atoms with van der Waals surface area (Å²) in [6, 6.07) is 10.6. The molecule has 83 valence electrons. The molecule has 0 spiro atoms. The highest BCUT2D eigenvalue weighted by molar-refractivity contribution is 5.90. The lowest BCUT2D eigenvalue weighted by Crippen LogP contribution is -1.90. The fraction of sp³-hybridized carbons (Fsp3) is 0.231. The van der Waals surface area contributed by atoms with Crippen LogP contribution in [0.15, 0.2) is 24.3 Å². The highest BCUT2D eigenvalue weighted by Gasteiger charge is 2.06. The van der Waals surface area contributed by atoms with E-state index in [1.807, 2.05) is 18.2 Å². The van der Waals surface area contributed by atoms with Gasteiger partial charge in [0.25, 0.3) is 0 Å². The Hall–Kier alpha value is -1.90. The molecule has 0 aliphatic heterocycles. The average Bonchev–Trinajstić information content (AvgIpc) is 2.36. The molecule has 0 bridgehead atoms. The van der Waals surface area contributed by atoms with Crippen LogP contribution in [0.4, 0.5) is 0 Å². The molecule has 0 atom stereocenters. The summed E-state index contributed by atoms with van der Waals surface area (Å²) in [6.07, 6.45) is 0. The maximum atomic E-state index is 5.29. The van der Waals surface area contributed by atoms with Gasteiger partial charge < -0.3 is 14.2 Å². The summed E-state index contributed by atoms with van der Waals surface area (Å²) in [4.78, 5) is 0. The van der Waals surface area contributed by atoms with Crippen LogP contribution >= 0.6 is 0 Å². The summed E-state index contributed by atoms with van der Waals surface area (Å²) in [7, 11) is 4.89. The van der Waals surface area contributed by atoms with Crippen LogP contribution in [0.5, 0.6) is 17.2 Å². The van der Waals surface area contributed by atoms with Crippen LogP contribution in [-0.4, -0.2) is 21.3 Å².